The zero-order valence-corrected chi connectivity index (χ0v) is 9.70. The van der Waals surface area contributed by atoms with E-state index in [1.165, 1.54) is 14.2 Å². The van der Waals surface area contributed by atoms with E-state index in [0.717, 1.165) is 12.8 Å². The van der Waals surface area contributed by atoms with E-state index in [9.17, 15) is 0 Å². The van der Waals surface area contributed by atoms with Crippen molar-refractivity contribution in [2.45, 2.75) is 32.8 Å². The lowest BCUT2D eigenvalue weighted by atomic mass is 10.2. The van der Waals surface area contributed by atoms with Gasteiger partial charge in [-0.25, -0.2) is 0 Å². The van der Waals surface area contributed by atoms with Gasteiger partial charge in [-0.1, -0.05) is 0 Å². The van der Waals surface area contributed by atoms with Crippen molar-refractivity contribution < 1.29 is 5.11 Å². The fourth-order valence-corrected chi connectivity index (χ4v) is 2.61. The number of rotatable bonds is 3. The van der Waals surface area contributed by atoms with E-state index < -0.39 is 0 Å². The molecule has 0 saturated heterocycles. The highest BCUT2D eigenvalue weighted by molar-refractivity contribution is 9.10. The van der Waals surface area contributed by atoms with Crippen molar-refractivity contribution in [3.63, 3.8) is 0 Å². The Morgan fingerprint density at radius 2 is 2.33 bits per heavy atom. The lowest BCUT2D eigenvalue weighted by Crippen LogP contribution is -1.99. The largest absolute Gasteiger partial charge is 0.393 e. The first-order valence-electron chi connectivity index (χ1n) is 4.02. The zero-order chi connectivity index (χ0) is 9.14. The highest BCUT2D eigenvalue weighted by Crippen LogP contribution is 2.27. The van der Waals surface area contributed by atoms with E-state index in [0.29, 0.717) is 0 Å². The monoisotopic (exact) mass is 248 g/mol. The summed E-state index contributed by atoms with van der Waals surface area (Å²) in [5.74, 6) is 0. The summed E-state index contributed by atoms with van der Waals surface area (Å²) in [4.78, 5) is 2.66. The molecule has 0 spiro atoms. The minimum absolute atomic E-state index is 0.189. The molecule has 1 heterocycles. The van der Waals surface area contributed by atoms with Crippen LogP contribution in [0.15, 0.2) is 10.5 Å². The Labute approximate surface area is 85.6 Å². The Hall–Kier alpha value is 0.140. The second kappa shape index (κ2) is 4.40. The first kappa shape index (κ1) is 10.2. The molecule has 1 aromatic heterocycles. The van der Waals surface area contributed by atoms with Crippen LogP contribution in [-0.4, -0.2) is 11.2 Å². The first-order valence-corrected chi connectivity index (χ1v) is 5.63. The maximum Gasteiger partial charge on any atom is 0.0515 e. The lowest BCUT2D eigenvalue weighted by molar-refractivity contribution is 0.185. The van der Waals surface area contributed by atoms with Crippen LogP contribution < -0.4 is 0 Å². The molecule has 0 amide bonds. The molecule has 0 aliphatic heterocycles. The highest BCUT2D eigenvalue weighted by Gasteiger charge is 2.03. The molecule has 1 unspecified atom stereocenters. The topological polar surface area (TPSA) is 20.2 Å². The number of aliphatic hydroxyl groups excluding tert-OH is 1. The highest BCUT2D eigenvalue weighted by atomic mass is 79.9. The number of hydrogen-bond acceptors (Lipinski definition) is 2. The average molecular weight is 249 g/mol. The van der Waals surface area contributed by atoms with Crippen molar-refractivity contribution in [3.05, 3.63) is 20.3 Å². The van der Waals surface area contributed by atoms with Crippen LogP contribution in [0.1, 0.15) is 23.1 Å². The third kappa shape index (κ3) is 2.88. The van der Waals surface area contributed by atoms with Gasteiger partial charge >= 0.3 is 0 Å². The van der Waals surface area contributed by atoms with Crippen LogP contribution in [0.5, 0.6) is 0 Å². The van der Waals surface area contributed by atoms with Gasteiger partial charge in [0.2, 0.25) is 0 Å². The van der Waals surface area contributed by atoms with Crippen molar-refractivity contribution in [3.8, 4) is 0 Å². The average Bonchev–Trinajstić information content (AvgIpc) is 2.28. The van der Waals surface area contributed by atoms with E-state index in [1.54, 1.807) is 11.3 Å². The summed E-state index contributed by atoms with van der Waals surface area (Å²) in [6.45, 7) is 3.93. The van der Waals surface area contributed by atoms with Gasteiger partial charge in [0.25, 0.3) is 0 Å². The Balaban J connectivity index is 2.53. The minimum atomic E-state index is -0.189. The summed E-state index contributed by atoms with van der Waals surface area (Å²) in [5.41, 5.74) is 0. The van der Waals surface area contributed by atoms with E-state index >= 15 is 0 Å². The van der Waals surface area contributed by atoms with Gasteiger partial charge in [-0.2, -0.15) is 0 Å². The van der Waals surface area contributed by atoms with E-state index in [2.05, 4.69) is 28.9 Å². The van der Waals surface area contributed by atoms with Crippen molar-refractivity contribution in [1.29, 1.82) is 0 Å². The van der Waals surface area contributed by atoms with Gasteiger partial charge in [0.15, 0.2) is 0 Å². The van der Waals surface area contributed by atoms with Crippen molar-refractivity contribution in [2.75, 3.05) is 0 Å². The smallest absolute Gasteiger partial charge is 0.0515 e. The maximum absolute atomic E-state index is 9.08. The normalized spacial score (nSPS) is 13.3. The van der Waals surface area contributed by atoms with Crippen molar-refractivity contribution in [2.24, 2.45) is 0 Å². The number of aryl methyl sites for hydroxylation is 2. The van der Waals surface area contributed by atoms with Gasteiger partial charge in [-0.15, -0.1) is 11.3 Å². The first-order chi connectivity index (χ1) is 5.59. The standard InChI is InChI=1S/C9H13BrOS/c1-6(11)3-4-8-5-9(10)7(2)12-8/h5-6,11H,3-4H2,1-2H3. The van der Waals surface area contributed by atoms with Crippen molar-refractivity contribution in [1.82, 2.24) is 0 Å². The maximum atomic E-state index is 9.08. The van der Waals surface area contributed by atoms with Crippen molar-refractivity contribution >= 4 is 27.3 Å². The predicted octanol–water partition coefficient (Wildman–Crippen LogP) is 3.13. The number of aliphatic hydroxyl groups is 1. The molecule has 0 aromatic carbocycles. The Kier molecular flexibility index (Phi) is 3.75. The summed E-state index contributed by atoms with van der Waals surface area (Å²) in [6.07, 6.45) is 1.65. The fraction of sp³-hybridized carbons (Fsp3) is 0.556. The molecule has 0 fully saturated rings. The molecule has 1 N–H and O–H groups in total. The van der Waals surface area contributed by atoms with Gasteiger partial charge in [0, 0.05) is 14.2 Å². The molecule has 1 nitrogen and oxygen atoms in total. The Morgan fingerprint density at radius 1 is 1.67 bits per heavy atom. The number of hydrogen-bond donors (Lipinski definition) is 1. The molecule has 12 heavy (non-hydrogen) atoms. The van der Waals surface area contributed by atoms with Crippen LogP contribution in [0.4, 0.5) is 0 Å². The number of thiophene rings is 1. The minimum Gasteiger partial charge on any atom is -0.393 e. The van der Waals surface area contributed by atoms with Crippen LogP contribution in [0, 0.1) is 6.92 Å². The summed E-state index contributed by atoms with van der Waals surface area (Å²) in [5, 5.41) is 9.08. The van der Waals surface area contributed by atoms with Crippen LogP contribution >= 0.6 is 27.3 Å². The van der Waals surface area contributed by atoms with Crippen LogP contribution in [0.3, 0.4) is 0 Å². The summed E-state index contributed by atoms with van der Waals surface area (Å²) in [7, 11) is 0. The molecular formula is C9H13BrOS. The molecule has 0 saturated carbocycles. The number of halogens is 1. The Morgan fingerprint density at radius 3 is 2.75 bits per heavy atom. The molecular weight excluding hydrogens is 236 g/mol. The molecule has 0 radical (unpaired) electrons. The molecule has 3 heteroatoms. The predicted molar refractivity (Wildman–Crippen MR) is 56.8 cm³/mol. The van der Waals surface area contributed by atoms with Gasteiger partial charge in [-0.3, -0.25) is 0 Å². The molecule has 68 valence electrons. The fourth-order valence-electron chi connectivity index (χ4n) is 0.992. The van der Waals surface area contributed by atoms with Crippen LogP contribution in [0.25, 0.3) is 0 Å². The zero-order valence-electron chi connectivity index (χ0n) is 7.30. The van der Waals surface area contributed by atoms with E-state index in [4.69, 9.17) is 5.11 Å². The lowest BCUT2D eigenvalue weighted by Gasteiger charge is -2.00. The van der Waals surface area contributed by atoms with E-state index in [-0.39, 0.29) is 6.10 Å². The Bertz CT molecular complexity index is 236. The third-order valence-electron chi connectivity index (χ3n) is 1.72. The van der Waals surface area contributed by atoms with Gasteiger partial charge in [-0.05, 0) is 48.7 Å². The van der Waals surface area contributed by atoms with E-state index in [1.807, 2.05) is 6.92 Å². The quantitative estimate of drug-likeness (QED) is 0.872. The summed E-state index contributed by atoms with van der Waals surface area (Å²) >= 11 is 5.27. The summed E-state index contributed by atoms with van der Waals surface area (Å²) in [6, 6.07) is 2.14. The molecule has 0 aliphatic rings. The second-order valence-electron chi connectivity index (χ2n) is 3.00. The second-order valence-corrected chi connectivity index (χ2v) is 5.20. The molecule has 1 aromatic rings. The molecule has 1 atom stereocenters. The SMILES string of the molecule is Cc1sc(CCC(C)O)cc1Br. The van der Waals surface area contributed by atoms with Gasteiger partial charge < -0.3 is 5.11 Å². The van der Waals surface area contributed by atoms with Crippen LogP contribution in [0.2, 0.25) is 0 Å². The third-order valence-corrected chi connectivity index (χ3v) is 3.91. The van der Waals surface area contributed by atoms with Crippen LogP contribution in [-0.2, 0) is 6.42 Å². The molecule has 0 aliphatic carbocycles. The van der Waals surface area contributed by atoms with Gasteiger partial charge in [0.1, 0.15) is 0 Å². The summed E-state index contributed by atoms with van der Waals surface area (Å²) < 4.78 is 1.19. The van der Waals surface area contributed by atoms with Gasteiger partial charge in [0.05, 0.1) is 6.10 Å². The molecule has 0 bridgehead atoms. The molecule has 1 rings (SSSR count).